The van der Waals surface area contributed by atoms with Crippen molar-refractivity contribution in [2.45, 2.75) is 32.7 Å². The average molecular weight is 371 g/mol. The average Bonchev–Trinajstić information content (AvgIpc) is 3.23. The molecule has 1 aromatic heterocycles. The molecule has 1 N–H and O–H groups in total. The molecule has 3 rings (SSSR count). The highest BCUT2D eigenvalue weighted by Crippen LogP contribution is 2.20. The zero-order valence-corrected chi connectivity index (χ0v) is 15.7. The van der Waals surface area contributed by atoms with Gasteiger partial charge >= 0.3 is 12.0 Å². The molecule has 1 aromatic carbocycles. The molecule has 1 atom stereocenters. The van der Waals surface area contributed by atoms with Crippen LogP contribution >= 0.6 is 0 Å². The Morgan fingerprint density at radius 3 is 2.56 bits per heavy atom. The maximum Gasteiger partial charge on any atom is 0.317 e. The number of hydrogen-bond acceptors (Lipinski definition) is 5. The highest BCUT2D eigenvalue weighted by molar-refractivity contribution is 5.76. The Bertz CT molecular complexity index is 752. The van der Waals surface area contributed by atoms with Crippen molar-refractivity contribution in [2.24, 2.45) is 5.92 Å². The lowest BCUT2D eigenvalue weighted by Gasteiger charge is -2.32. The Hall–Kier alpha value is -2.90. The molecular weight excluding hydrogens is 346 g/mol. The van der Waals surface area contributed by atoms with Gasteiger partial charge in [0.2, 0.25) is 0 Å². The normalized spacial score (nSPS) is 16.0. The van der Waals surface area contributed by atoms with Crippen LogP contribution in [0.4, 0.5) is 4.79 Å². The number of ether oxygens (including phenoxy) is 1. The molecular formula is C19H25N5O3. The molecule has 1 unspecified atom stereocenters. The molecule has 1 fully saturated rings. The number of likely N-dealkylation sites (tertiary alicyclic amines) is 1. The quantitative estimate of drug-likeness (QED) is 0.815. The molecule has 1 saturated heterocycles. The van der Waals surface area contributed by atoms with Crippen LogP contribution in [0.25, 0.3) is 5.69 Å². The fourth-order valence-corrected chi connectivity index (χ4v) is 3.20. The van der Waals surface area contributed by atoms with Crippen LogP contribution in [-0.2, 0) is 9.53 Å². The van der Waals surface area contributed by atoms with E-state index in [1.807, 2.05) is 31.2 Å². The second-order valence-corrected chi connectivity index (χ2v) is 6.62. The predicted molar refractivity (Wildman–Crippen MR) is 99.2 cm³/mol. The Morgan fingerprint density at radius 2 is 1.96 bits per heavy atom. The maximum absolute atomic E-state index is 12.5. The first-order valence-corrected chi connectivity index (χ1v) is 9.25. The topological polar surface area (TPSA) is 89.4 Å². The fraction of sp³-hybridized carbons (Fsp3) is 0.474. The lowest BCUT2D eigenvalue weighted by Crippen LogP contribution is -2.46. The van der Waals surface area contributed by atoms with E-state index >= 15 is 0 Å². The van der Waals surface area contributed by atoms with E-state index in [1.165, 1.54) is 6.33 Å². The number of piperidine rings is 1. The first-order chi connectivity index (χ1) is 13.1. The van der Waals surface area contributed by atoms with Gasteiger partial charge in [0.25, 0.3) is 0 Å². The molecule has 2 aromatic rings. The van der Waals surface area contributed by atoms with Crippen LogP contribution in [0.5, 0.6) is 0 Å². The van der Waals surface area contributed by atoms with Crippen LogP contribution in [-0.4, -0.2) is 51.4 Å². The molecule has 0 radical (unpaired) electrons. The fourth-order valence-electron chi connectivity index (χ4n) is 3.20. The van der Waals surface area contributed by atoms with Crippen molar-refractivity contribution >= 4 is 12.0 Å². The summed E-state index contributed by atoms with van der Waals surface area (Å²) >= 11 is 0. The minimum absolute atomic E-state index is 0.101. The number of nitrogens with zero attached hydrogens (tertiary/aromatic N) is 4. The number of urea groups is 1. The Labute approximate surface area is 158 Å². The van der Waals surface area contributed by atoms with Gasteiger partial charge in [-0.25, -0.2) is 14.5 Å². The van der Waals surface area contributed by atoms with Crippen LogP contribution in [0.1, 0.15) is 38.3 Å². The van der Waals surface area contributed by atoms with Crippen molar-refractivity contribution in [1.82, 2.24) is 25.0 Å². The zero-order valence-electron chi connectivity index (χ0n) is 15.7. The maximum atomic E-state index is 12.5. The van der Waals surface area contributed by atoms with E-state index in [2.05, 4.69) is 15.4 Å². The highest BCUT2D eigenvalue weighted by Gasteiger charge is 2.28. The predicted octanol–water partition coefficient (Wildman–Crippen LogP) is 2.31. The first-order valence-electron chi connectivity index (χ1n) is 9.25. The van der Waals surface area contributed by atoms with Crippen LogP contribution in [0.2, 0.25) is 0 Å². The molecule has 0 bridgehead atoms. The van der Waals surface area contributed by atoms with Crippen molar-refractivity contribution in [1.29, 1.82) is 0 Å². The van der Waals surface area contributed by atoms with Crippen molar-refractivity contribution < 1.29 is 14.3 Å². The summed E-state index contributed by atoms with van der Waals surface area (Å²) in [7, 11) is 0. The van der Waals surface area contributed by atoms with E-state index in [0.717, 1.165) is 11.3 Å². The number of rotatable bonds is 5. The molecule has 2 heterocycles. The SMILES string of the molecule is CCOC(=O)C1CCN(C(=O)NC(C)c2ccc(-n3cncn3)cc2)CC1. The van der Waals surface area contributed by atoms with E-state index in [1.54, 1.807) is 22.8 Å². The van der Waals surface area contributed by atoms with Gasteiger partial charge in [-0.2, -0.15) is 5.10 Å². The third kappa shape index (κ3) is 4.64. The van der Waals surface area contributed by atoms with Crippen LogP contribution in [0.15, 0.2) is 36.9 Å². The standard InChI is InChI=1S/C19H25N5O3/c1-3-27-18(25)16-8-10-23(11-9-16)19(26)22-14(2)15-4-6-17(7-5-15)24-13-20-12-21-24/h4-7,12-14,16H,3,8-11H2,1-2H3,(H,22,26). The van der Waals surface area contributed by atoms with Crippen LogP contribution < -0.4 is 5.32 Å². The summed E-state index contributed by atoms with van der Waals surface area (Å²) in [5.74, 6) is -0.255. The third-order valence-corrected chi connectivity index (χ3v) is 4.82. The van der Waals surface area contributed by atoms with Gasteiger partial charge in [-0.3, -0.25) is 4.79 Å². The molecule has 144 valence electrons. The largest absolute Gasteiger partial charge is 0.466 e. The monoisotopic (exact) mass is 371 g/mol. The van der Waals surface area contributed by atoms with Gasteiger partial charge in [0.1, 0.15) is 12.7 Å². The summed E-state index contributed by atoms with van der Waals surface area (Å²) in [6.45, 7) is 5.28. The highest BCUT2D eigenvalue weighted by atomic mass is 16.5. The van der Waals surface area contributed by atoms with Gasteiger partial charge in [0, 0.05) is 13.1 Å². The number of carbonyl (C=O) groups excluding carboxylic acids is 2. The van der Waals surface area contributed by atoms with E-state index in [9.17, 15) is 9.59 Å². The van der Waals surface area contributed by atoms with E-state index < -0.39 is 0 Å². The third-order valence-electron chi connectivity index (χ3n) is 4.82. The molecule has 27 heavy (non-hydrogen) atoms. The van der Waals surface area contributed by atoms with E-state index in [-0.39, 0.29) is 24.0 Å². The number of amides is 2. The lowest BCUT2D eigenvalue weighted by molar-refractivity contribution is -0.149. The van der Waals surface area contributed by atoms with Crippen molar-refractivity contribution in [3.8, 4) is 5.69 Å². The second kappa shape index (κ2) is 8.66. The zero-order chi connectivity index (χ0) is 19.2. The molecule has 0 spiro atoms. The van der Waals surface area contributed by atoms with E-state index in [4.69, 9.17) is 4.74 Å². The molecule has 0 aliphatic carbocycles. The Balaban J connectivity index is 1.51. The number of carbonyl (C=O) groups is 2. The van der Waals surface area contributed by atoms with Crippen molar-refractivity contribution in [2.75, 3.05) is 19.7 Å². The minimum atomic E-state index is -0.154. The minimum Gasteiger partial charge on any atom is -0.466 e. The molecule has 1 aliphatic heterocycles. The number of esters is 1. The second-order valence-electron chi connectivity index (χ2n) is 6.62. The lowest BCUT2D eigenvalue weighted by atomic mass is 9.97. The number of hydrogen-bond donors (Lipinski definition) is 1. The molecule has 0 saturated carbocycles. The molecule has 2 amide bonds. The summed E-state index contributed by atoms with van der Waals surface area (Å²) in [5, 5.41) is 7.12. The van der Waals surface area contributed by atoms with Gasteiger partial charge in [-0.15, -0.1) is 0 Å². The first kappa shape index (κ1) is 18.9. The van der Waals surface area contributed by atoms with Gasteiger partial charge in [-0.05, 0) is 44.4 Å². The van der Waals surface area contributed by atoms with Gasteiger partial charge < -0.3 is 15.0 Å². The number of nitrogens with one attached hydrogen (secondary N) is 1. The summed E-state index contributed by atoms with van der Waals surface area (Å²) in [5.41, 5.74) is 1.92. The van der Waals surface area contributed by atoms with Crippen molar-refractivity contribution in [3.05, 3.63) is 42.5 Å². The molecule has 8 heteroatoms. The number of benzene rings is 1. The van der Waals surface area contributed by atoms with Gasteiger partial charge in [-0.1, -0.05) is 12.1 Å². The smallest absolute Gasteiger partial charge is 0.317 e. The summed E-state index contributed by atoms with van der Waals surface area (Å²) in [6, 6.07) is 7.59. The van der Waals surface area contributed by atoms with Crippen LogP contribution in [0, 0.1) is 5.92 Å². The summed E-state index contributed by atoms with van der Waals surface area (Å²) < 4.78 is 6.75. The van der Waals surface area contributed by atoms with Crippen LogP contribution in [0.3, 0.4) is 0 Å². The molecule has 1 aliphatic rings. The van der Waals surface area contributed by atoms with E-state index in [0.29, 0.717) is 32.5 Å². The van der Waals surface area contributed by atoms with Gasteiger partial charge in [0.15, 0.2) is 0 Å². The Kier molecular flexibility index (Phi) is 6.05. The van der Waals surface area contributed by atoms with Gasteiger partial charge in [0.05, 0.1) is 24.3 Å². The Morgan fingerprint density at radius 1 is 1.26 bits per heavy atom. The molecule has 8 nitrogen and oxygen atoms in total. The van der Waals surface area contributed by atoms with Crippen molar-refractivity contribution in [3.63, 3.8) is 0 Å². The summed E-state index contributed by atoms with van der Waals surface area (Å²) in [6.07, 6.45) is 4.42. The number of aromatic nitrogens is 3. The summed E-state index contributed by atoms with van der Waals surface area (Å²) in [4.78, 5) is 30.0.